The second kappa shape index (κ2) is 5.20. The summed E-state index contributed by atoms with van der Waals surface area (Å²) in [5, 5.41) is 13.3. The second-order valence-electron chi connectivity index (χ2n) is 5.48. The van der Waals surface area contributed by atoms with Crippen molar-refractivity contribution in [3.05, 3.63) is 40.1 Å². The molecule has 6 heteroatoms. The summed E-state index contributed by atoms with van der Waals surface area (Å²) in [4.78, 5) is 1.31. The normalized spacial score (nSPS) is 26.1. The molecule has 20 heavy (non-hydrogen) atoms. The van der Waals surface area contributed by atoms with Gasteiger partial charge in [0.15, 0.2) is 6.21 Å². The van der Waals surface area contributed by atoms with E-state index in [2.05, 4.69) is 0 Å². The number of hydrogen-bond donors (Lipinski definition) is 0. The number of halogens is 1. The summed E-state index contributed by atoms with van der Waals surface area (Å²) in [6, 6.07) is 7.19. The number of thioether (sulfide) groups is 1. The van der Waals surface area contributed by atoms with E-state index in [1.165, 1.54) is 11.8 Å². The average Bonchev–Trinajstić information content (AvgIpc) is 2.54. The third-order valence-corrected chi connectivity index (χ3v) is 6.39. The lowest BCUT2D eigenvalue weighted by Crippen LogP contribution is -2.55. The van der Waals surface area contributed by atoms with Crippen molar-refractivity contribution >= 4 is 46.1 Å². The Morgan fingerprint density at radius 3 is 2.30 bits per heavy atom. The van der Waals surface area contributed by atoms with Crippen LogP contribution < -0.4 is 0 Å². The molecule has 1 aromatic carbocycles. The summed E-state index contributed by atoms with van der Waals surface area (Å²) in [5.41, 5.74) is 0.460. The van der Waals surface area contributed by atoms with Gasteiger partial charge in [-0.1, -0.05) is 23.8 Å². The third kappa shape index (κ3) is 2.43. The van der Waals surface area contributed by atoms with Crippen molar-refractivity contribution in [3.63, 3.8) is 0 Å². The first-order valence-electron chi connectivity index (χ1n) is 6.22. The maximum Gasteiger partial charge on any atom is 0.244 e. The number of likely N-dealkylation sites (N-methyl/N-ethyl adjacent to an activating group) is 1. The van der Waals surface area contributed by atoms with Crippen molar-refractivity contribution in [1.82, 2.24) is 4.90 Å². The number of hydrogen-bond acceptors (Lipinski definition) is 3. The van der Waals surface area contributed by atoms with Gasteiger partial charge < -0.3 is 10.1 Å². The van der Waals surface area contributed by atoms with E-state index in [0.29, 0.717) is 5.02 Å². The molecule has 0 spiro atoms. The number of thiocarbonyl (C=S) groups is 1. The zero-order valence-electron chi connectivity index (χ0n) is 11.9. The molecule has 0 aliphatic carbocycles. The fourth-order valence-corrected chi connectivity index (χ4v) is 4.10. The van der Waals surface area contributed by atoms with Gasteiger partial charge in [0, 0.05) is 24.6 Å². The summed E-state index contributed by atoms with van der Waals surface area (Å²) < 4.78 is 1.74. The van der Waals surface area contributed by atoms with Gasteiger partial charge >= 0.3 is 0 Å². The summed E-state index contributed by atoms with van der Waals surface area (Å²) >= 11 is 12.6. The van der Waals surface area contributed by atoms with Crippen LogP contribution in [0.25, 0.3) is 0 Å². The predicted molar refractivity (Wildman–Crippen MR) is 90.7 cm³/mol. The SMILES string of the molecule is CN1C(=S)SC(C)(/[N+]([O-])=C/c2ccc(Cl)cc2)C1(C)C. The molecular weight excluding hydrogens is 312 g/mol. The Kier molecular flexibility index (Phi) is 4.06. The summed E-state index contributed by atoms with van der Waals surface area (Å²) in [7, 11) is 1.93. The van der Waals surface area contributed by atoms with E-state index in [0.717, 1.165) is 14.6 Å². The lowest BCUT2D eigenvalue weighted by molar-refractivity contribution is -0.522. The van der Waals surface area contributed by atoms with Crippen molar-refractivity contribution in [1.29, 1.82) is 0 Å². The fourth-order valence-electron chi connectivity index (χ4n) is 2.02. The molecule has 0 radical (unpaired) electrons. The van der Waals surface area contributed by atoms with Gasteiger partial charge in [-0.25, -0.2) is 0 Å². The van der Waals surface area contributed by atoms with Crippen LogP contribution in [-0.4, -0.2) is 37.6 Å². The molecule has 1 aromatic rings. The minimum absolute atomic E-state index is 0.362. The van der Waals surface area contributed by atoms with E-state index in [4.69, 9.17) is 23.8 Å². The minimum Gasteiger partial charge on any atom is -0.623 e. The highest BCUT2D eigenvalue weighted by molar-refractivity contribution is 8.24. The van der Waals surface area contributed by atoms with Crippen LogP contribution >= 0.6 is 35.6 Å². The quantitative estimate of drug-likeness (QED) is 0.272. The Balaban J connectivity index is 2.39. The Morgan fingerprint density at radius 2 is 1.85 bits per heavy atom. The zero-order chi connectivity index (χ0) is 15.1. The average molecular weight is 329 g/mol. The Bertz CT molecular complexity index is 571. The fraction of sp³-hybridized carbons (Fsp3) is 0.429. The molecule has 3 nitrogen and oxygen atoms in total. The van der Waals surface area contributed by atoms with Crippen LogP contribution in [0.4, 0.5) is 0 Å². The van der Waals surface area contributed by atoms with Gasteiger partial charge in [-0.2, -0.15) is 4.74 Å². The van der Waals surface area contributed by atoms with Gasteiger partial charge in [-0.05, 0) is 49.9 Å². The molecule has 0 saturated carbocycles. The smallest absolute Gasteiger partial charge is 0.244 e. The molecule has 0 aromatic heterocycles. The van der Waals surface area contributed by atoms with Gasteiger partial charge in [-0.3, -0.25) is 0 Å². The van der Waals surface area contributed by atoms with Crippen molar-refractivity contribution in [2.75, 3.05) is 7.05 Å². The van der Waals surface area contributed by atoms with E-state index in [9.17, 15) is 5.21 Å². The monoisotopic (exact) mass is 328 g/mol. The Labute approximate surface area is 134 Å². The highest BCUT2D eigenvalue weighted by atomic mass is 35.5. The molecule has 1 heterocycles. The van der Waals surface area contributed by atoms with Crippen molar-refractivity contribution in [2.45, 2.75) is 31.2 Å². The van der Waals surface area contributed by atoms with Gasteiger partial charge in [0.1, 0.15) is 9.86 Å². The van der Waals surface area contributed by atoms with Crippen LogP contribution in [0.3, 0.4) is 0 Å². The topological polar surface area (TPSA) is 29.3 Å². The lowest BCUT2D eigenvalue weighted by atomic mass is 9.94. The van der Waals surface area contributed by atoms with Crippen LogP contribution in [0.15, 0.2) is 24.3 Å². The number of rotatable bonds is 2. The first-order chi connectivity index (χ1) is 9.18. The van der Waals surface area contributed by atoms with Gasteiger partial charge in [-0.15, -0.1) is 0 Å². The van der Waals surface area contributed by atoms with Crippen LogP contribution in [0.1, 0.15) is 26.3 Å². The van der Waals surface area contributed by atoms with Crippen LogP contribution in [-0.2, 0) is 0 Å². The zero-order valence-corrected chi connectivity index (χ0v) is 14.3. The molecule has 2 rings (SSSR count). The molecule has 1 aliphatic rings. The summed E-state index contributed by atoms with van der Waals surface area (Å²) in [6.45, 7) is 5.98. The maximum absolute atomic E-state index is 12.6. The van der Waals surface area contributed by atoms with Crippen molar-refractivity contribution in [3.8, 4) is 0 Å². The molecule has 108 valence electrons. The molecule has 0 amide bonds. The number of benzene rings is 1. The van der Waals surface area contributed by atoms with E-state index in [-0.39, 0.29) is 5.54 Å². The largest absolute Gasteiger partial charge is 0.623 e. The number of nitrogens with zero attached hydrogens (tertiary/aromatic N) is 2. The molecule has 1 unspecified atom stereocenters. The number of hydroxylamine groups is 1. The van der Waals surface area contributed by atoms with Crippen molar-refractivity contribution in [2.24, 2.45) is 0 Å². The molecule has 0 bridgehead atoms. The second-order valence-corrected chi connectivity index (χ2v) is 7.94. The van der Waals surface area contributed by atoms with Crippen LogP contribution in [0, 0.1) is 5.21 Å². The van der Waals surface area contributed by atoms with Gasteiger partial charge in [0.05, 0.1) is 0 Å². The maximum atomic E-state index is 12.6. The van der Waals surface area contributed by atoms with Crippen LogP contribution in [0.5, 0.6) is 0 Å². The Hall–Kier alpha value is -0.780. The molecule has 1 atom stereocenters. The molecule has 1 fully saturated rings. The first-order valence-corrected chi connectivity index (χ1v) is 7.82. The van der Waals surface area contributed by atoms with Crippen LogP contribution in [0.2, 0.25) is 5.02 Å². The molecular formula is C14H17ClN2OS2. The summed E-state index contributed by atoms with van der Waals surface area (Å²) in [6.07, 6.45) is 1.59. The lowest BCUT2D eigenvalue weighted by Gasteiger charge is -2.37. The van der Waals surface area contributed by atoms with Crippen molar-refractivity contribution < 1.29 is 4.74 Å². The van der Waals surface area contributed by atoms with E-state index in [1.54, 1.807) is 18.3 Å². The van der Waals surface area contributed by atoms with Gasteiger partial charge in [0.2, 0.25) is 4.87 Å². The third-order valence-electron chi connectivity index (χ3n) is 4.09. The predicted octanol–water partition coefficient (Wildman–Crippen LogP) is 3.73. The highest BCUT2D eigenvalue weighted by Gasteiger charge is 2.59. The Morgan fingerprint density at radius 1 is 1.30 bits per heavy atom. The van der Waals surface area contributed by atoms with E-state index in [1.807, 2.05) is 44.9 Å². The van der Waals surface area contributed by atoms with E-state index >= 15 is 0 Å². The molecule has 0 N–H and O–H groups in total. The first kappa shape index (κ1) is 15.6. The standard InChI is InChI=1S/C14H17ClN2OS2/c1-13(2)14(3,20-12(19)16(13)4)17(18)9-10-5-7-11(15)8-6-10/h5-9H,1-4H3/b17-9-. The molecule has 1 aliphatic heterocycles. The van der Waals surface area contributed by atoms with E-state index < -0.39 is 4.87 Å². The minimum atomic E-state index is -0.668. The van der Waals surface area contributed by atoms with Gasteiger partial charge in [0.25, 0.3) is 0 Å². The molecule has 1 saturated heterocycles. The summed E-state index contributed by atoms with van der Waals surface area (Å²) in [5.74, 6) is 0. The highest BCUT2D eigenvalue weighted by Crippen LogP contribution is 2.48.